The van der Waals surface area contributed by atoms with Crippen LogP contribution in [-0.2, 0) is 16.0 Å². The molecule has 1 saturated heterocycles. The molecule has 1 atom stereocenters. The molecule has 2 amide bonds. The maximum absolute atomic E-state index is 13.2. The Bertz CT molecular complexity index is 1250. The number of benzene rings is 3. The van der Waals surface area contributed by atoms with E-state index in [0.717, 1.165) is 16.9 Å². The molecule has 1 unspecified atom stereocenters. The Balaban J connectivity index is 1.54. The number of hydrogen-bond donors (Lipinski definition) is 1. The van der Waals surface area contributed by atoms with Gasteiger partial charge in [0.25, 0.3) is 0 Å². The summed E-state index contributed by atoms with van der Waals surface area (Å²) in [5, 5.41) is 3.39. The van der Waals surface area contributed by atoms with Gasteiger partial charge < -0.3 is 10.1 Å². The van der Waals surface area contributed by atoms with Crippen molar-refractivity contribution >= 4 is 51.7 Å². The first-order valence-corrected chi connectivity index (χ1v) is 12.5. The summed E-state index contributed by atoms with van der Waals surface area (Å²) in [5.74, 6) is 0.425. The number of halogens is 1. The summed E-state index contributed by atoms with van der Waals surface area (Å²) in [4.78, 5) is 32.6. The molecule has 0 saturated carbocycles. The van der Waals surface area contributed by atoms with Crippen LogP contribution in [0.5, 0.6) is 5.75 Å². The van der Waals surface area contributed by atoms with Crippen molar-refractivity contribution in [3.63, 3.8) is 0 Å². The van der Waals surface area contributed by atoms with Gasteiger partial charge >= 0.3 is 0 Å². The van der Waals surface area contributed by atoms with Gasteiger partial charge in [0.1, 0.15) is 11.0 Å². The zero-order valence-electron chi connectivity index (χ0n) is 19.5. The lowest BCUT2D eigenvalue weighted by molar-refractivity contribution is -0.129. The zero-order valence-corrected chi connectivity index (χ0v) is 21.1. The minimum atomic E-state index is -0.585. The highest BCUT2D eigenvalue weighted by molar-refractivity contribution is 8.15. The Morgan fingerprint density at radius 3 is 2.63 bits per heavy atom. The first-order valence-electron chi connectivity index (χ1n) is 11.2. The molecule has 0 radical (unpaired) electrons. The van der Waals surface area contributed by atoms with Crippen LogP contribution in [-0.4, -0.2) is 40.8 Å². The maximum Gasteiger partial charge on any atom is 0.238 e. The number of carbonyl (C=O) groups is 2. The lowest BCUT2D eigenvalue weighted by Gasteiger charge is -2.32. The lowest BCUT2D eigenvalue weighted by Crippen LogP contribution is -2.46. The average Bonchev–Trinajstić information content (AvgIpc) is 2.84. The predicted molar refractivity (Wildman–Crippen MR) is 143 cm³/mol. The van der Waals surface area contributed by atoms with Gasteiger partial charge in [0.05, 0.1) is 12.8 Å². The number of amides is 2. The van der Waals surface area contributed by atoms with Gasteiger partial charge in [-0.1, -0.05) is 53.7 Å². The van der Waals surface area contributed by atoms with Gasteiger partial charge in [-0.15, -0.1) is 0 Å². The monoisotopic (exact) mass is 507 g/mol. The summed E-state index contributed by atoms with van der Waals surface area (Å²) in [6.45, 7) is 2.41. The van der Waals surface area contributed by atoms with Gasteiger partial charge in [0.2, 0.25) is 11.8 Å². The van der Waals surface area contributed by atoms with E-state index in [0.29, 0.717) is 34.5 Å². The number of rotatable bonds is 7. The number of methoxy groups -OCH3 is 1. The Kier molecular flexibility index (Phi) is 8.10. The number of aryl methyl sites for hydroxylation is 1. The largest absolute Gasteiger partial charge is 0.497 e. The predicted octanol–water partition coefficient (Wildman–Crippen LogP) is 5.86. The van der Waals surface area contributed by atoms with E-state index in [4.69, 9.17) is 21.3 Å². The quantitative estimate of drug-likeness (QED) is 0.435. The second-order valence-corrected chi connectivity index (χ2v) is 9.79. The number of ether oxygens (including phenoxy) is 1. The molecule has 3 aromatic rings. The number of anilines is 1. The Morgan fingerprint density at radius 2 is 1.91 bits per heavy atom. The molecular formula is C27H26ClN3O3S. The van der Waals surface area contributed by atoms with Gasteiger partial charge in [-0.2, -0.15) is 0 Å². The van der Waals surface area contributed by atoms with Crippen LogP contribution in [0.15, 0.2) is 77.8 Å². The van der Waals surface area contributed by atoms with Crippen molar-refractivity contribution in [1.29, 1.82) is 0 Å². The normalized spacial score (nSPS) is 16.9. The highest BCUT2D eigenvalue weighted by Gasteiger charge is 2.35. The van der Waals surface area contributed by atoms with E-state index < -0.39 is 5.25 Å². The first-order chi connectivity index (χ1) is 16.9. The van der Waals surface area contributed by atoms with Crippen LogP contribution in [0.1, 0.15) is 17.5 Å². The number of carbonyl (C=O) groups excluding carboxylic acids is 2. The summed E-state index contributed by atoms with van der Waals surface area (Å²) in [7, 11) is 1.63. The average molecular weight is 508 g/mol. The fraction of sp³-hybridized carbons (Fsp3) is 0.222. The number of nitrogens with zero attached hydrogens (tertiary/aromatic N) is 2. The third-order valence-corrected chi connectivity index (χ3v) is 6.96. The summed E-state index contributed by atoms with van der Waals surface area (Å²) in [6.07, 6.45) is 0.741. The smallest absolute Gasteiger partial charge is 0.238 e. The third-order valence-electron chi connectivity index (χ3n) is 5.53. The van der Waals surface area contributed by atoms with Crippen molar-refractivity contribution in [2.24, 2.45) is 4.99 Å². The Labute approximate surface area is 214 Å². The molecule has 4 rings (SSSR count). The number of amidine groups is 1. The molecule has 3 aromatic carbocycles. The van der Waals surface area contributed by atoms with Crippen molar-refractivity contribution < 1.29 is 14.3 Å². The molecule has 35 heavy (non-hydrogen) atoms. The first kappa shape index (κ1) is 24.8. The number of thioether (sulfide) groups is 1. The molecule has 0 bridgehead atoms. The molecule has 1 heterocycles. The lowest BCUT2D eigenvalue weighted by atomic mass is 10.1. The molecule has 1 N–H and O–H groups in total. The minimum absolute atomic E-state index is 0.0967. The molecule has 0 aliphatic carbocycles. The summed E-state index contributed by atoms with van der Waals surface area (Å²) in [5.41, 5.74) is 3.45. The molecule has 1 aliphatic heterocycles. The SMILES string of the molecule is COc1ccc(CCN2C(=O)CC(C(=O)Nc3cccc(C)c3)SC2=Nc2cccc(Cl)c2)cc1. The van der Waals surface area contributed by atoms with E-state index in [1.165, 1.54) is 11.8 Å². The van der Waals surface area contributed by atoms with Crippen LogP contribution >= 0.6 is 23.4 Å². The molecule has 0 aromatic heterocycles. The van der Waals surface area contributed by atoms with Crippen LogP contribution in [0.4, 0.5) is 11.4 Å². The van der Waals surface area contributed by atoms with Crippen molar-refractivity contribution in [3.05, 3.63) is 88.9 Å². The minimum Gasteiger partial charge on any atom is -0.497 e. The van der Waals surface area contributed by atoms with Gasteiger partial charge in [-0.25, -0.2) is 4.99 Å². The topological polar surface area (TPSA) is 71.0 Å². The fourth-order valence-corrected chi connectivity index (χ4v) is 5.01. The van der Waals surface area contributed by atoms with E-state index in [1.54, 1.807) is 30.2 Å². The summed E-state index contributed by atoms with van der Waals surface area (Å²) >= 11 is 7.44. The van der Waals surface area contributed by atoms with E-state index in [-0.39, 0.29) is 18.2 Å². The van der Waals surface area contributed by atoms with Gasteiger partial charge in [0.15, 0.2) is 5.17 Å². The second kappa shape index (κ2) is 11.4. The Morgan fingerprint density at radius 1 is 1.14 bits per heavy atom. The van der Waals surface area contributed by atoms with E-state index in [1.807, 2.05) is 61.5 Å². The van der Waals surface area contributed by atoms with Crippen LogP contribution in [0.25, 0.3) is 0 Å². The van der Waals surface area contributed by atoms with Gasteiger partial charge in [-0.3, -0.25) is 14.5 Å². The second-order valence-electron chi connectivity index (χ2n) is 8.19. The Hall–Kier alpha value is -3.29. The number of nitrogens with one attached hydrogen (secondary N) is 1. The highest BCUT2D eigenvalue weighted by atomic mass is 35.5. The van der Waals surface area contributed by atoms with E-state index in [2.05, 4.69) is 5.32 Å². The zero-order chi connectivity index (χ0) is 24.8. The van der Waals surface area contributed by atoms with Crippen molar-refractivity contribution in [1.82, 2.24) is 4.90 Å². The third kappa shape index (κ3) is 6.65. The van der Waals surface area contributed by atoms with Crippen molar-refractivity contribution in [3.8, 4) is 5.75 Å². The van der Waals surface area contributed by atoms with Crippen LogP contribution in [0, 0.1) is 6.92 Å². The number of hydrogen-bond acceptors (Lipinski definition) is 5. The van der Waals surface area contributed by atoms with E-state index >= 15 is 0 Å². The van der Waals surface area contributed by atoms with Crippen LogP contribution in [0.2, 0.25) is 5.02 Å². The van der Waals surface area contributed by atoms with E-state index in [9.17, 15) is 9.59 Å². The standard InChI is InChI=1S/C27H26ClN3O3S/c1-18-5-3-7-21(15-18)29-26(33)24-17-25(32)31(14-13-19-9-11-23(34-2)12-10-19)27(35-24)30-22-8-4-6-20(28)16-22/h3-12,15-16,24H,13-14,17H2,1-2H3,(H,29,33). The number of aliphatic imine (C=N–C) groups is 1. The van der Waals surface area contributed by atoms with Crippen LogP contribution in [0.3, 0.4) is 0 Å². The molecule has 1 fully saturated rings. The molecule has 180 valence electrons. The maximum atomic E-state index is 13.2. The molecule has 8 heteroatoms. The van der Waals surface area contributed by atoms with Crippen molar-refractivity contribution in [2.45, 2.75) is 25.0 Å². The summed E-state index contributed by atoms with van der Waals surface area (Å²) < 4.78 is 5.22. The fourth-order valence-electron chi connectivity index (χ4n) is 3.70. The molecule has 6 nitrogen and oxygen atoms in total. The van der Waals surface area contributed by atoms with Crippen LogP contribution < -0.4 is 10.1 Å². The molecule has 1 aliphatic rings. The van der Waals surface area contributed by atoms with Gasteiger partial charge in [0, 0.05) is 23.7 Å². The van der Waals surface area contributed by atoms with Crippen molar-refractivity contribution in [2.75, 3.05) is 19.0 Å². The molecular weight excluding hydrogens is 482 g/mol. The highest BCUT2D eigenvalue weighted by Crippen LogP contribution is 2.31. The summed E-state index contributed by atoms with van der Waals surface area (Å²) in [6, 6.07) is 22.5. The molecule has 0 spiro atoms. The van der Waals surface area contributed by atoms with Gasteiger partial charge in [-0.05, 0) is 66.9 Å².